The Hall–Kier alpha value is -4.59. The van der Waals surface area contributed by atoms with Crippen LogP contribution < -0.4 is 10.5 Å². The quantitative estimate of drug-likeness (QED) is 0.207. The zero-order valence-corrected chi connectivity index (χ0v) is 19.7. The maximum atomic E-state index is 12.3. The molecule has 1 amide bonds. The lowest BCUT2D eigenvalue weighted by atomic mass is 10.0. The van der Waals surface area contributed by atoms with Crippen LogP contribution in [0.3, 0.4) is 0 Å². The predicted molar refractivity (Wildman–Crippen MR) is 139 cm³/mol. The standard InChI is InChI=1S/C28H27N5O3/c1-2-26(35)32-14-6-7-19(17-32)33-24-16-25(34)23(28(29)30)15-22(24)27(31-33)18-10-12-21(13-11-18)36-20-8-4-3-5-9-20/h2-5,8-13,15-16,19,34H,1,6-7,14,17H2,(H3,29,30). The molecular weight excluding hydrogens is 454 g/mol. The maximum Gasteiger partial charge on any atom is 0.246 e. The number of benzene rings is 3. The highest BCUT2D eigenvalue weighted by Gasteiger charge is 2.27. The van der Waals surface area contributed by atoms with E-state index in [0.29, 0.717) is 24.5 Å². The number of hydrogen-bond acceptors (Lipinski definition) is 5. The largest absolute Gasteiger partial charge is 0.507 e. The molecule has 36 heavy (non-hydrogen) atoms. The summed E-state index contributed by atoms with van der Waals surface area (Å²) in [5, 5.41) is 24.2. The van der Waals surface area contributed by atoms with Crippen molar-refractivity contribution in [1.29, 1.82) is 5.41 Å². The van der Waals surface area contributed by atoms with Gasteiger partial charge in [0, 0.05) is 30.1 Å². The molecule has 0 saturated carbocycles. The van der Waals surface area contributed by atoms with Gasteiger partial charge >= 0.3 is 0 Å². The highest BCUT2D eigenvalue weighted by atomic mass is 16.5. The normalized spacial score (nSPS) is 15.6. The number of hydrogen-bond donors (Lipinski definition) is 3. The van der Waals surface area contributed by atoms with Crippen molar-refractivity contribution in [2.24, 2.45) is 5.73 Å². The molecule has 1 saturated heterocycles. The zero-order valence-electron chi connectivity index (χ0n) is 19.7. The molecule has 1 unspecified atom stereocenters. The van der Waals surface area contributed by atoms with E-state index >= 15 is 0 Å². The number of aromatic hydroxyl groups is 1. The number of carbonyl (C=O) groups excluding carboxylic acids is 1. The molecule has 8 nitrogen and oxygen atoms in total. The van der Waals surface area contributed by atoms with E-state index in [9.17, 15) is 9.90 Å². The van der Waals surface area contributed by atoms with Crippen molar-refractivity contribution in [3.05, 3.63) is 84.9 Å². The first-order chi connectivity index (χ1) is 17.4. The number of piperidine rings is 1. The van der Waals surface area contributed by atoms with Crippen LogP contribution in [0.5, 0.6) is 17.2 Å². The summed E-state index contributed by atoms with van der Waals surface area (Å²) in [5.41, 5.74) is 8.25. The minimum absolute atomic E-state index is 0.0674. The Labute approximate surface area is 208 Å². The number of amidine groups is 1. The molecule has 182 valence electrons. The van der Waals surface area contributed by atoms with Crippen molar-refractivity contribution >= 4 is 22.6 Å². The van der Waals surface area contributed by atoms with Gasteiger partial charge in [-0.05, 0) is 61.4 Å². The van der Waals surface area contributed by atoms with E-state index in [1.54, 1.807) is 17.0 Å². The summed E-state index contributed by atoms with van der Waals surface area (Å²) >= 11 is 0. The molecule has 1 aliphatic heterocycles. The number of amides is 1. The Morgan fingerprint density at radius 2 is 1.86 bits per heavy atom. The SMILES string of the molecule is C=CC(=O)N1CCCC(n2nc(-c3ccc(Oc4ccccc4)cc3)c3cc(C(=N)N)c(O)cc32)C1. The molecule has 0 bridgehead atoms. The summed E-state index contributed by atoms with van der Waals surface area (Å²) in [6.07, 6.45) is 3.01. The van der Waals surface area contributed by atoms with Crippen molar-refractivity contribution in [3.63, 3.8) is 0 Å². The lowest BCUT2D eigenvalue weighted by Crippen LogP contribution is -2.40. The summed E-state index contributed by atoms with van der Waals surface area (Å²) in [4.78, 5) is 14.0. The Morgan fingerprint density at radius 1 is 1.14 bits per heavy atom. The number of para-hydroxylation sites is 1. The summed E-state index contributed by atoms with van der Waals surface area (Å²) < 4.78 is 7.80. The molecule has 4 N–H and O–H groups in total. The number of carbonyl (C=O) groups is 1. The third kappa shape index (κ3) is 4.40. The highest BCUT2D eigenvalue weighted by Crippen LogP contribution is 2.36. The van der Waals surface area contributed by atoms with Gasteiger partial charge in [-0.15, -0.1) is 0 Å². The number of likely N-dealkylation sites (tertiary alicyclic amines) is 1. The maximum absolute atomic E-state index is 12.3. The van der Waals surface area contributed by atoms with Gasteiger partial charge in [0.15, 0.2) is 0 Å². The molecule has 3 aromatic carbocycles. The molecular formula is C28H27N5O3. The van der Waals surface area contributed by atoms with Crippen LogP contribution in [0.25, 0.3) is 22.2 Å². The number of nitrogens with two attached hydrogens (primary N) is 1. The number of nitrogens with zero attached hydrogens (tertiary/aromatic N) is 3. The number of phenolic OH excluding ortho intramolecular Hbond substituents is 1. The number of ether oxygens (including phenoxy) is 1. The molecule has 1 aliphatic rings. The van der Waals surface area contributed by atoms with E-state index in [0.717, 1.165) is 35.1 Å². The second-order valence-corrected chi connectivity index (χ2v) is 8.82. The van der Waals surface area contributed by atoms with E-state index in [4.69, 9.17) is 21.0 Å². The minimum Gasteiger partial charge on any atom is -0.507 e. The van der Waals surface area contributed by atoms with Crippen molar-refractivity contribution < 1.29 is 14.6 Å². The average molecular weight is 482 g/mol. The third-order valence-corrected chi connectivity index (χ3v) is 6.45. The van der Waals surface area contributed by atoms with E-state index in [1.807, 2.05) is 59.3 Å². The number of rotatable bonds is 6. The zero-order chi connectivity index (χ0) is 25.2. The van der Waals surface area contributed by atoms with Crippen LogP contribution >= 0.6 is 0 Å². The van der Waals surface area contributed by atoms with Gasteiger partial charge in [0.25, 0.3) is 0 Å². The van der Waals surface area contributed by atoms with Crippen LogP contribution in [0.2, 0.25) is 0 Å². The summed E-state index contributed by atoms with van der Waals surface area (Å²) in [6, 6.07) is 20.4. The number of nitrogen functional groups attached to an aromatic ring is 1. The van der Waals surface area contributed by atoms with Crippen LogP contribution in [-0.4, -0.2) is 44.6 Å². The fraction of sp³-hybridized carbons (Fsp3) is 0.179. The van der Waals surface area contributed by atoms with Crippen LogP contribution in [0.15, 0.2) is 79.4 Å². The van der Waals surface area contributed by atoms with E-state index in [1.165, 1.54) is 6.08 Å². The molecule has 0 aliphatic carbocycles. The van der Waals surface area contributed by atoms with Crippen LogP contribution in [0.1, 0.15) is 24.4 Å². The first kappa shape index (κ1) is 23.2. The van der Waals surface area contributed by atoms with Crippen molar-refractivity contribution in [2.75, 3.05) is 13.1 Å². The average Bonchev–Trinajstić information content (AvgIpc) is 3.27. The van der Waals surface area contributed by atoms with Crippen LogP contribution in [0.4, 0.5) is 0 Å². The van der Waals surface area contributed by atoms with Crippen LogP contribution in [0, 0.1) is 5.41 Å². The second-order valence-electron chi connectivity index (χ2n) is 8.82. The van der Waals surface area contributed by atoms with Gasteiger partial charge in [-0.3, -0.25) is 14.9 Å². The molecule has 1 atom stereocenters. The van der Waals surface area contributed by atoms with E-state index in [2.05, 4.69) is 6.58 Å². The first-order valence-electron chi connectivity index (χ1n) is 11.8. The summed E-state index contributed by atoms with van der Waals surface area (Å²) in [6.45, 7) is 4.79. The Morgan fingerprint density at radius 3 is 2.56 bits per heavy atom. The van der Waals surface area contributed by atoms with Crippen molar-refractivity contribution in [1.82, 2.24) is 14.7 Å². The minimum atomic E-state index is -0.222. The van der Waals surface area contributed by atoms with Crippen molar-refractivity contribution in [2.45, 2.75) is 18.9 Å². The van der Waals surface area contributed by atoms with Crippen molar-refractivity contribution in [3.8, 4) is 28.5 Å². The number of fused-ring (bicyclic) bond motifs is 1. The van der Waals surface area contributed by atoms with Crippen LogP contribution in [-0.2, 0) is 4.79 Å². The number of phenols is 1. The van der Waals surface area contributed by atoms with Gasteiger partial charge in [0.05, 0.1) is 17.1 Å². The topological polar surface area (TPSA) is 117 Å². The summed E-state index contributed by atoms with van der Waals surface area (Å²) in [7, 11) is 0. The van der Waals surface area contributed by atoms with Gasteiger partial charge in [-0.25, -0.2) is 0 Å². The Kier molecular flexibility index (Phi) is 6.16. The Bertz CT molecular complexity index is 1440. The molecule has 1 aromatic heterocycles. The lowest BCUT2D eigenvalue weighted by Gasteiger charge is -2.32. The van der Waals surface area contributed by atoms with Gasteiger partial charge in [0.1, 0.15) is 28.8 Å². The first-order valence-corrected chi connectivity index (χ1v) is 11.8. The molecule has 2 heterocycles. The fourth-order valence-corrected chi connectivity index (χ4v) is 4.67. The smallest absolute Gasteiger partial charge is 0.246 e. The molecule has 0 radical (unpaired) electrons. The van der Waals surface area contributed by atoms with Gasteiger partial charge < -0.3 is 20.5 Å². The molecule has 4 aromatic rings. The molecule has 0 spiro atoms. The summed E-state index contributed by atoms with van der Waals surface area (Å²) in [5.74, 6) is 1.04. The highest BCUT2D eigenvalue weighted by molar-refractivity contribution is 6.04. The van der Waals surface area contributed by atoms with Gasteiger partial charge in [-0.1, -0.05) is 24.8 Å². The monoisotopic (exact) mass is 481 g/mol. The van der Waals surface area contributed by atoms with Gasteiger partial charge in [0.2, 0.25) is 5.91 Å². The predicted octanol–water partition coefficient (Wildman–Crippen LogP) is 4.83. The van der Waals surface area contributed by atoms with Gasteiger partial charge in [-0.2, -0.15) is 5.10 Å². The third-order valence-electron chi connectivity index (χ3n) is 6.45. The molecule has 5 rings (SSSR count). The molecule has 8 heteroatoms. The molecule has 1 fully saturated rings. The van der Waals surface area contributed by atoms with E-state index < -0.39 is 0 Å². The second kappa shape index (κ2) is 9.58. The lowest BCUT2D eigenvalue weighted by molar-refractivity contribution is -0.127. The van der Waals surface area contributed by atoms with E-state index in [-0.39, 0.29) is 29.1 Å². The fourth-order valence-electron chi connectivity index (χ4n) is 4.67. The Balaban J connectivity index is 1.56. The number of nitrogens with one attached hydrogen (secondary N) is 1. The number of aromatic nitrogens is 2.